The largest absolute Gasteiger partial charge is 0.444 e. The number of amides is 1. The highest BCUT2D eigenvalue weighted by Gasteiger charge is 2.39. The number of ether oxygens (including phenoxy) is 2. The van der Waals surface area contributed by atoms with Gasteiger partial charge in [-0.1, -0.05) is 15.9 Å². The zero-order valence-electron chi connectivity index (χ0n) is 13.0. The monoisotopic (exact) mass is 371 g/mol. The molecule has 0 unspecified atom stereocenters. The van der Waals surface area contributed by atoms with E-state index in [2.05, 4.69) is 15.9 Å². The molecule has 1 fully saturated rings. The topological polar surface area (TPSA) is 38.8 Å². The van der Waals surface area contributed by atoms with Crippen molar-refractivity contribution in [1.82, 2.24) is 4.90 Å². The highest BCUT2D eigenvalue weighted by molar-refractivity contribution is 9.09. The van der Waals surface area contributed by atoms with Crippen molar-refractivity contribution >= 4 is 22.0 Å². The van der Waals surface area contributed by atoms with Gasteiger partial charge in [-0.25, -0.2) is 13.6 Å². The van der Waals surface area contributed by atoms with E-state index >= 15 is 0 Å². The first-order chi connectivity index (χ1) is 9.46. The minimum atomic E-state index is -2.85. The van der Waals surface area contributed by atoms with Crippen LogP contribution >= 0.6 is 15.9 Å². The lowest BCUT2D eigenvalue weighted by molar-refractivity contribution is -0.137. The van der Waals surface area contributed by atoms with Gasteiger partial charge in [-0.3, -0.25) is 0 Å². The van der Waals surface area contributed by atoms with Gasteiger partial charge in [-0.15, -0.1) is 0 Å². The quantitative estimate of drug-likeness (QED) is 0.705. The fraction of sp³-hybridized carbons (Fsp3) is 0.929. The fourth-order valence-electron chi connectivity index (χ4n) is 2.02. The van der Waals surface area contributed by atoms with E-state index in [1.807, 2.05) is 20.8 Å². The van der Waals surface area contributed by atoms with Crippen LogP contribution in [-0.2, 0) is 9.47 Å². The van der Waals surface area contributed by atoms with Crippen LogP contribution in [0.5, 0.6) is 0 Å². The van der Waals surface area contributed by atoms with E-state index in [1.165, 1.54) is 0 Å². The van der Waals surface area contributed by atoms with Gasteiger partial charge in [-0.2, -0.15) is 0 Å². The second-order valence-corrected chi connectivity index (χ2v) is 7.20. The van der Waals surface area contributed by atoms with E-state index in [0.29, 0.717) is 31.3 Å². The Kier molecular flexibility index (Phi) is 6.00. The van der Waals surface area contributed by atoms with Gasteiger partial charge in [-0.05, 0) is 33.6 Å². The number of likely N-dealkylation sites (tertiary alicyclic amines) is 1. The van der Waals surface area contributed by atoms with Gasteiger partial charge < -0.3 is 14.4 Å². The summed E-state index contributed by atoms with van der Waals surface area (Å²) in [5.41, 5.74) is -1.18. The molecule has 1 aliphatic rings. The third kappa shape index (κ3) is 6.46. The van der Waals surface area contributed by atoms with E-state index in [9.17, 15) is 13.6 Å². The maximum atomic E-state index is 12.9. The van der Waals surface area contributed by atoms with Gasteiger partial charge >= 0.3 is 6.09 Å². The van der Waals surface area contributed by atoms with Gasteiger partial charge in [0.2, 0.25) is 0 Å². The van der Waals surface area contributed by atoms with Crippen molar-refractivity contribution in [3.05, 3.63) is 0 Å². The molecular weight excluding hydrogens is 348 g/mol. The molecule has 0 aromatic heterocycles. The minimum absolute atomic E-state index is 0.369. The number of rotatable bonds is 4. The number of alkyl halides is 3. The summed E-state index contributed by atoms with van der Waals surface area (Å²) in [6.45, 7) is 6.54. The molecular formula is C14H24BrF2NO3. The zero-order valence-corrected chi connectivity index (χ0v) is 14.6. The van der Waals surface area contributed by atoms with Gasteiger partial charge in [0.25, 0.3) is 5.92 Å². The SMILES string of the molecule is CC(F)(F)COC1(CBr)CCN(C(=O)OC(C)(C)C)CC1. The van der Waals surface area contributed by atoms with Crippen molar-refractivity contribution in [3.63, 3.8) is 0 Å². The van der Waals surface area contributed by atoms with Crippen molar-refractivity contribution in [2.45, 2.75) is 57.7 Å². The lowest BCUT2D eigenvalue weighted by atomic mass is 9.93. The third-order valence-electron chi connectivity index (χ3n) is 3.20. The first-order valence-corrected chi connectivity index (χ1v) is 8.14. The number of carbonyl (C=O) groups excluding carboxylic acids is 1. The Balaban J connectivity index is 2.54. The summed E-state index contributed by atoms with van der Waals surface area (Å²) in [6.07, 6.45) is 0.646. The first kappa shape index (κ1) is 18.6. The molecule has 0 bridgehead atoms. The summed E-state index contributed by atoms with van der Waals surface area (Å²) in [4.78, 5) is 13.6. The van der Waals surface area contributed by atoms with E-state index < -0.39 is 23.7 Å². The molecule has 1 rings (SSSR count). The highest BCUT2D eigenvalue weighted by atomic mass is 79.9. The molecule has 0 atom stereocenters. The van der Waals surface area contributed by atoms with Crippen LogP contribution in [-0.4, -0.2) is 53.1 Å². The molecule has 0 N–H and O–H groups in total. The van der Waals surface area contributed by atoms with Crippen LogP contribution in [0.1, 0.15) is 40.5 Å². The third-order valence-corrected chi connectivity index (χ3v) is 4.22. The van der Waals surface area contributed by atoms with Crippen LogP contribution in [0.25, 0.3) is 0 Å². The average Bonchev–Trinajstić information content (AvgIpc) is 2.34. The molecule has 1 aliphatic heterocycles. The Morgan fingerprint density at radius 3 is 2.14 bits per heavy atom. The van der Waals surface area contributed by atoms with Crippen molar-refractivity contribution in [1.29, 1.82) is 0 Å². The fourth-order valence-corrected chi connectivity index (χ4v) is 2.74. The van der Waals surface area contributed by atoms with Gasteiger partial charge in [0.1, 0.15) is 12.2 Å². The zero-order chi connectivity index (χ0) is 16.3. The predicted molar refractivity (Wildman–Crippen MR) is 80.1 cm³/mol. The summed E-state index contributed by atoms with van der Waals surface area (Å²) in [7, 11) is 0. The molecule has 7 heteroatoms. The summed E-state index contributed by atoms with van der Waals surface area (Å²) in [6, 6.07) is 0. The first-order valence-electron chi connectivity index (χ1n) is 7.02. The maximum Gasteiger partial charge on any atom is 0.410 e. The molecule has 0 aromatic carbocycles. The standard InChI is InChI=1S/C14H24BrF2NO3/c1-12(2,3)21-11(19)18-7-5-14(9-15,6-8-18)20-10-13(4,16)17/h5-10H2,1-4H3. The van der Waals surface area contributed by atoms with Gasteiger partial charge in [0, 0.05) is 25.3 Å². The molecule has 1 heterocycles. The predicted octanol–water partition coefficient (Wildman–Crippen LogP) is 3.82. The lowest BCUT2D eigenvalue weighted by Gasteiger charge is -2.41. The molecule has 1 saturated heterocycles. The summed E-state index contributed by atoms with van der Waals surface area (Å²) >= 11 is 3.34. The second-order valence-electron chi connectivity index (χ2n) is 6.64. The van der Waals surface area contributed by atoms with E-state index in [-0.39, 0.29) is 6.09 Å². The molecule has 0 saturated carbocycles. The van der Waals surface area contributed by atoms with Crippen LogP contribution in [0.3, 0.4) is 0 Å². The number of halogens is 3. The Morgan fingerprint density at radius 2 is 1.76 bits per heavy atom. The average molecular weight is 372 g/mol. The Labute approximate surface area is 133 Å². The highest BCUT2D eigenvalue weighted by Crippen LogP contribution is 2.31. The van der Waals surface area contributed by atoms with Crippen LogP contribution in [0, 0.1) is 0 Å². The Bertz CT molecular complexity index is 358. The summed E-state index contributed by atoms with van der Waals surface area (Å²) < 4.78 is 36.6. The summed E-state index contributed by atoms with van der Waals surface area (Å²) in [5, 5.41) is 0.470. The van der Waals surface area contributed by atoms with E-state index in [1.54, 1.807) is 4.90 Å². The van der Waals surface area contributed by atoms with Gasteiger partial charge in [0.05, 0.1) is 5.60 Å². The second kappa shape index (κ2) is 6.77. The summed E-state index contributed by atoms with van der Waals surface area (Å²) in [5.74, 6) is -2.85. The number of nitrogens with zero attached hydrogens (tertiary/aromatic N) is 1. The van der Waals surface area contributed by atoms with Crippen LogP contribution < -0.4 is 0 Å². The molecule has 4 nitrogen and oxygen atoms in total. The smallest absolute Gasteiger partial charge is 0.410 e. The maximum absolute atomic E-state index is 12.9. The normalized spacial score (nSPS) is 19.5. The molecule has 0 aliphatic carbocycles. The Hall–Kier alpha value is -0.430. The minimum Gasteiger partial charge on any atom is -0.444 e. The van der Waals surface area contributed by atoms with Crippen LogP contribution in [0.2, 0.25) is 0 Å². The molecule has 0 aromatic rings. The van der Waals surface area contributed by atoms with Crippen LogP contribution in [0.15, 0.2) is 0 Å². The van der Waals surface area contributed by atoms with Crippen LogP contribution in [0.4, 0.5) is 13.6 Å². The Morgan fingerprint density at radius 1 is 1.24 bits per heavy atom. The molecule has 0 radical (unpaired) electrons. The molecule has 1 amide bonds. The number of hydrogen-bond donors (Lipinski definition) is 0. The molecule has 0 spiro atoms. The van der Waals surface area contributed by atoms with Crippen molar-refractivity contribution in [3.8, 4) is 0 Å². The lowest BCUT2D eigenvalue weighted by Crippen LogP contribution is -2.51. The number of piperidine rings is 1. The molecule has 124 valence electrons. The van der Waals surface area contributed by atoms with E-state index in [0.717, 1.165) is 6.92 Å². The number of carbonyl (C=O) groups is 1. The van der Waals surface area contributed by atoms with Crippen molar-refractivity contribution in [2.75, 3.05) is 25.0 Å². The molecule has 21 heavy (non-hydrogen) atoms. The van der Waals surface area contributed by atoms with Crippen molar-refractivity contribution in [2.24, 2.45) is 0 Å². The van der Waals surface area contributed by atoms with Crippen molar-refractivity contribution < 1.29 is 23.0 Å². The van der Waals surface area contributed by atoms with Gasteiger partial charge in [0.15, 0.2) is 0 Å². The van der Waals surface area contributed by atoms with E-state index in [4.69, 9.17) is 9.47 Å². The number of hydrogen-bond acceptors (Lipinski definition) is 3.